The molecular formula is C13H21N3O3. The summed E-state index contributed by atoms with van der Waals surface area (Å²) in [6, 6.07) is 0. The van der Waals surface area contributed by atoms with Crippen LogP contribution in [-0.2, 0) is 20.8 Å². The second-order valence-corrected chi connectivity index (χ2v) is 4.80. The zero-order valence-electron chi connectivity index (χ0n) is 11.5. The highest BCUT2D eigenvalue weighted by Crippen LogP contribution is 2.22. The third-order valence-corrected chi connectivity index (χ3v) is 3.37. The van der Waals surface area contributed by atoms with Crippen LogP contribution in [0.5, 0.6) is 0 Å². The molecule has 2 unspecified atom stereocenters. The van der Waals surface area contributed by atoms with Crippen LogP contribution in [0.3, 0.4) is 0 Å². The van der Waals surface area contributed by atoms with Crippen molar-refractivity contribution in [1.29, 1.82) is 0 Å². The number of nitrogens with one attached hydrogen (secondary N) is 1. The van der Waals surface area contributed by atoms with E-state index in [9.17, 15) is 4.79 Å². The monoisotopic (exact) mass is 267 g/mol. The Morgan fingerprint density at radius 2 is 2.53 bits per heavy atom. The molecule has 0 aromatic carbocycles. The van der Waals surface area contributed by atoms with Crippen LogP contribution in [0.25, 0.3) is 0 Å². The zero-order valence-corrected chi connectivity index (χ0v) is 11.5. The van der Waals surface area contributed by atoms with E-state index < -0.39 is 0 Å². The highest BCUT2D eigenvalue weighted by molar-refractivity contribution is 5.92. The minimum absolute atomic E-state index is 0.0125. The molecule has 6 heteroatoms. The lowest BCUT2D eigenvalue weighted by Crippen LogP contribution is -2.36. The lowest BCUT2D eigenvalue weighted by molar-refractivity contribution is -0.127. The fraction of sp³-hybridized carbons (Fsp3) is 0.692. The van der Waals surface area contributed by atoms with Gasteiger partial charge in [0, 0.05) is 19.9 Å². The van der Waals surface area contributed by atoms with Crippen molar-refractivity contribution in [2.75, 3.05) is 25.6 Å². The molecule has 2 rings (SSSR count). The van der Waals surface area contributed by atoms with Gasteiger partial charge in [0.25, 0.3) is 0 Å². The molecule has 6 nitrogen and oxygen atoms in total. The van der Waals surface area contributed by atoms with E-state index in [1.165, 1.54) is 0 Å². The van der Waals surface area contributed by atoms with Crippen LogP contribution in [0.15, 0.2) is 12.4 Å². The third-order valence-electron chi connectivity index (χ3n) is 3.37. The first-order valence-corrected chi connectivity index (χ1v) is 6.64. The average molecular weight is 267 g/mol. The highest BCUT2D eigenvalue weighted by atomic mass is 16.5. The van der Waals surface area contributed by atoms with Gasteiger partial charge in [0.2, 0.25) is 5.91 Å². The van der Waals surface area contributed by atoms with Gasteiger partial charge < -0.3 is 14.8 Å². The molecule has 0 bridgehead atoms. The van der Waals surface area contributed by atoms with Crippen molar-refractivity contribution in [3.05, 3.63) is 12.4 Å². The molecular weight excluding hydrogens is 246 g/mol. The smallest absolute Gasteiger partial charge is 0.230 e. The second-order valence-electron chi connectivity index (χ2n) is 4.80. The van der Waals surface area contributed by atoms with Gasteiger partial charge in [-0.2, -0.15) is 5.10 Å². The molecule has 1 amide bonds. The first-order valence-electron chi connectivity index (χ1n) is 6.64. The number of carbonyl (C=O) groups is 1. The third kappa shape index (κ3) is 3.78. The first-order chi connectivity index (χ1) is 9.20. The largest absolute Gasteiger partial charge is 0.383 e. The molecule has 0 saturated carbocycles. The molecule has 2 atom stereocenters. The van der Waals surface area contributed by atoms with Gasteiger partial charge in [0.05, 0.1) is 37.1 Å². The molecule has 1 aliphatic rings. The number of methoxy groups -OCH3 is 1. The molecule has 2 heterocycles. The van der Waals surface area contributed by atoms with Crippen LogP contribution >= 0.6 is 0 Å². The number of aromatic nitrogens is 2. The van der Waals surface area contributed by atoms with Crippen molar-refractivity contribution < 1.29 is 14.3 Å². The van der Waals surface area contributed by atoms with Crippen molar-refractivity contribution in [3.8, 4) is 0 Å². The maximum absolute atomic E-state index is 12.1. The lowest BCUT2D eigenvalue weighted by Gasteiger charge is -2.27. The van der Waals surface area contributed by atoms with E-state index in [0.29, 0.717) is 13.2 Å². The molecule has 1 N–H and O–H groups in total. The topological polar surface area (TPSA) is 65.4 Å². The predicted molar refractivity (Wildman–Crippen MR) is 70.9 cm³/mol. The summed E-state index contributed by atoms with van der Waals surface area (Å²) in [5.41, 5.74) is 0.721. The summed E-state index contributed by atoms with van der Waals surface area (Å²) in [6.07, 6.45) is 5.27. The van der Waals surface area contributed by atoms with Crippen LogP contribution in [0.2, 0.25) is 0 Å². The van der Waals surface area contributed by atoms with Crippen LogP contribution in [-0.4, -0.2) is 42.1 Å². The van der Waals surface area contributed by atoms with Gasteiger partial charge in [-0.25, -0.2) is 0 Å². The zero-order chi connectivity index (χ0) is 13.7. The van der Waals surface area contributed by atoms with Crippen LogP contribution in [0, 0.1) is 5.92 Å². The van der Waals surface area contributed by atoms with E-state index in [-0.39, 0.29) is 17.9 Å². The number of ether oxygens (including phenoxy) is 2. The Morgan fingerprint density at radius 3 is 3.26 bits per heavy atom. The Hall–Kier alpha value is -1.40. The fourth-order valence-corrected chi connectivity index (χ4v) is 2.24. The van der Waals surface area contributed by atoms with E-state index in [1.807, 2.05) is 13.1 Å². The molecule has 1 fully saturated rings. The molecule has 1 aromatic heterocycles. The average Bonchev–Trinajstić information content (AvgIpc) is 2.84. The van der Waals surface area contributed by atoms with E-state index in [1.54, 1.807) is 18.0 Å². The number of carbonyl (C=O) groups excluding carboxylic acids is 1. The van der Waals surface area contributed by atoms with E-state index in [2.05, 4.69) is 10.4 Å². The Labute approximate surface area is 113 Å². The van der Waals surface area contributed by atoms with Crippen molar-refractivity contribution in [2.24, 2.45) is 5.92 Å². The number of nitrogens with zero attached hydrogens (tertiary/aromatic N) is 2. The lowest BCUT2D eigenvalue weighted by atomic mass is 9.94. The standard InChI is InChI=1S/C13H21N3O3/c1-10-12(4-3-6-19-10)13(17)15-11-8-14-16(9-11)5-7-18-2/h8-10,12H,3-7H2,1-2H3,(H,15,17). The minimum atomic E-state index is -0.0731. The molecule has 1 saturated heterocycles. The number of rotatable bonds is 5. The summed E-state index contributed by atoms with van der Waals surface area (Å²) < 4.78 is 12.2. The summed E-state index contributed by atoms with van der Waals surface area (Å²) in [5.74, 6) is -0.0606. The fourth-order valence-electron chi connectivity index (χ4n) is 2.24. The summed E-state index contributed by atoms with van der Waals surface area (Å²) in [4.78, 5) is 12.1. The van der Waals surface area contributed by atoms with Gasteiger partial charge in [0.15, 0.2) is 0 Å². The van der Waals surface area contributed by atoms with Crippen molar-refractivity contribution in [2.45, 2.75) is 32.4 Å². The normalized spacial score (nSPS) is 23.3. The Morgan fingerprint density at radius 1 is 1.68 bits per heavy atom. The van der Waals surface area contributed by atoms with E-state index >= 15 is 0 Å². The SMILES string of the molecule is COCCn1cc(NC(=O)C2CCCOC2C)cn1. The van der Waals surface area contributed by atoms with Gasteiger partial charge in [0.1, 0.15) is 0 Å². The number of amides is 1. The Kier molecular flexibility index (Phi) is 4.93. The van der Waals surface area contributed by atoms with Crippen molar-refractivity contribution in [1.82, 2.24) is 9.78 Å². The van der Waals surface area contributed by atoms with Crippen LogP contribution < -0.4 is 5.32 Å². The minimum Gasteiger partial charge on any atom is -0.383 e. The molecule has 19 heavy (non-hydrogen) atoms. The molecule has 0 aliphatic carbocycles. The molecule has 1 aliphatic heterocycles. The quantitative estimate of drug-likeness (QED) is 0.873. The summed E-state index contributed by atoms with van der Waals surface area (Å²) in [7, 11) is 1.65. The molecule has 0 spiro atoms. The Bertz CT molecular complexity index is 419. The Balaban J connectivity index is 1.89. The van der Waals surface area contributed by atoms with Gasteiger partial charge >= 0.3 is 0 Å². The van der Waals surface area contributed by atoms with Gasteiger partial charge in [-0.05, 0) is 19.8 Å². The van der Waals surface area contributed by atoms with Crippen molar-refractivity contribution in [3.63, 3.8) is 0 Å². The van der Waals surface area contributed by atoms with Gasteiger partial charge in [-0.3, -0.25) is 9.48 Å². The number of anilines is 1. The first kappa shape index (κ1) is 14.0. The van der Waals surface area contributed by atoms with E-state index in [0.717, 1.165) is 25.1 Å². The molecule has 106 valence electrons. The van der Waals surface area contributed by atoms with Gasteiger partial charge in [-0.15, -0.1) is 0 Å². The van der Waals surface area contributed by atoms with Crippen LogP contribution in [0.4, 0.5) is 5.69 Å². The maximum Gasteiger partial charge on any atom is 0.230 e. The number of hydrogen-bond acceptors (Lipinski definition) is 4. The summed E-state index contributed by atoms with van der Waals surface area (Å²) in [6.45, 7) is 3.98. The second kappa shape index (κ2) is 6.68. The highest BCUT2D eigenvalue weighted by Gasteiger charge is 2.28. The summed E-state index contributed by atoms with van der Waals surface area (Å²) in [5, 5.41) is 7.06. The number of hydrogen-bond donors (Lipinski definition) is 1. The van der Waals surface area contributed by atoms with Crippen molar-refractivity contribution >= 4 is 11.6 Å². The molecule has 0 radical (unpaired) electrons. The van der Waals surface area contributed by atoms with Crippen LogP contribution in [0.1, 0.15) is 19.8 Å². The summed E-state index contributed by atoms with van der Waals surface area (Å²) >= 11 is 0. The molecule has 1 aromatic rings. The van der Waals surface area contributed by atoms with Gasteiger partial charge in [-0.1, -0.05) is 0 Å². The maximum atomic E-state index is 12.1. The predicted octanol–water partition coefficient (Wildman–Crippen LogP) is 1.28. The van der Waals surface area contributed by atoms with E-state index in [4.69, 9.17) is 9.47 Å².